The Balaban J connectivity index is 1.96. The quantitative estimate of drug-likeness (QED) is 0.551. The summed E-state index contributed by atoms with van der Waals surface area (Å²) >= 11 is 5.91. The van der Waals surface area contributed by atoms with Crippen LogP contribution in [0.5, 0.6) is 0 Å². The third kappa shape index (κ3) is 3.23. The minimum absolute atomic E-state index is 0.347. The lowest BCUT2D eigenvalue weighted by molar-refractivity contribution is 0.101. The Bertz CT molecular complexity index is 1390. The molecule has 152 valence electrons. The van der Waals surface area contributed by atoms with Gasteiger partial charge in [-0.05, 0) is 31.2 Å². The van der Waals surface area contributed by atoms with Crippen molar-refractivity contribution < 1.29 is 4.79 Å². The molecule has 0 atom stereocenters. The number of aromatic nitrogens is 3. The number of nitrogens with zero attached hydrogens (tertiary/aromatic N) is 3. The van der Waals surface area contributed by atoms with Gasteiger partial charge in [-0.2, -0.15) is 0 Å². The van der Waals surface area contributed by atoms with Crippen molar-refractivity contribution in [2.75, 3.05) is 5.43 Å². The van der Waals surface area contributed by atoms with Crippen LogP contribution in [0.1, 0.15) is 15.9 Å². The summed E-state index contributed by atoms with van der Waals surface area (Å²) in [6.07, 6.45) is 1.58. The summed E-state index contributed by atoms with van der Waals surface area (Å²) in [6, 6.07) is 14.1. The van der Waals surface area contributed by atoms with Gasteiger partial charge in [-0.15, -0.1) is 0 Å². The molecule has 4 rings (SSSR count). The van der Waals surface area contributed by atoms with Crippen molar-refractivity contribution in [2.24, 2.45) is 14.1 Å². The number of nitrogens with one attached hydrogen (secondary N) is 1. The molecule has 0 spiro atoms. The van der Waals surface area contributed by atoms with Gasteiger partial charge in [0.1, 0.15) is 0 Å². The molecule has 2 heterocycles. The fourth-order valence-corrected chi connectivity index (χ4v) is 3.53. The lowest BCUT2D eigenvalue weighted by atomic mass is 10.1. The molecule has 2 aromatic heterocycles. The van der Waals surface area contributed by atoms with E-state index in [1.54, 1.807) is 37.5 Å². The van der Waals surface area contributed by atoms with E-state index in [2.05, 4.69) is 5.43 Å². The average molecular weight is 423 g/mol. The minimum atomic E-state index is -0.441. The smallest absolute Gasteiger partial charge is 0.295 e. The highest BCUT2D eigenvalue weighted by Gasteiger charge is 2.20. The predicted octanol–water partition coefficient (Wildman–Crippen LogP) is 3.05. The van der Waals surface area contributed by atoms with Crippen LogP contribution in [0.2, 0.25) is 5.02 Å². The standard InChI is InChI=1S/C22H19ClN4O3/c1-13-4-6-14(7-5-13)19-18-17(25(2)22(30)26(3)21(18)29)12-27(19)24-20(28)15-8-10-16(23)11-9-15/h4-12H,1-3H3,(H,24,28). The molecular formula is C22H19ClN4O3. The molecular weight excluding hydrogens is 404 g/mol. The molecule has 0 unspecified atom stereocenters. The van der Waals surface area contributed by atoms with Crippen LogP contribution in [-0.2, 0) is 14.1 Å². The molecule has 0 radical (unpaired) electrons. The van der Waals surface area contributed by atoms with Crippen LogP contribution in [0.3, 0.4) is 0 Å². The number of hydrogen-bond donors (Lipinski definition) is 1. The second kappa shape index (κ2) is 7.35. The Morgan fingerprint density at radius 1 is 0.933 bits per heavy atom. The van der Waals surface area contributed by atoms with Gasteiger partial charge in [0.2, 0.25) is 0 Å². The maximum atomic E-state index is 13.0. The number of carbonyl (C=O) groups is 1. The molecule has 0 saturated heterocycles. The third-order valence-electron chi connectivity index (χ3n) is 5.09. The number of rotatable bonds is 3. The Morgan fingerprint density at radius 2 is 1.57 bits per heavy atom. The number of aryl methyl sites for hydroxylation is 2. The number of carbonyl (C=O) groups excluding carboxylic acids is 1. The van der Waals surface area contributed by atoms with Crippen LogP contribution in [0.15, 0.2) is 64.3 Å². The maximum absolute atomic E-state index is 13.0. The molecule has 7 nitrogen and oxygen atoms in total. The van der Waals surface area contributed by atoms with Crippen LogP contribution in [0.25, 0.3) is 22.2 Å². The van der Waals surface area contributed by atoms with Gasteiger partial charge < -0.3 is 0 Å². The first-order valence-electron chi connectivity index (χ1n) is 9.23. The lowest BCUT2D eigenvalue weighted by Crippen LogP contribution is -2.36. The Kier molecular flexibility index (Phi) is 4.83. The highest BCUT2D eigenvalue weighted by Crippen LogP contribution is 2.27. The van der Waals surface area contributed by atoms with E-state index in [1.165, 1.54) is 16.3 Å². The van der Waals surface area contributed by atoms with E-state index >= 15 is 0 Å². The SMILES string of the molecule is Cc1ccc(-c2c3c(=O)n(C)c(=O)n(C)c3cn2NC(=O)c2ccc(Cl)cc2)cc1. The third-order valence-corrected chi connectivity index (χ3v) is 5.34. The van der Waals surface area contributed by atoms with E-state index in [1.807, 2.05) is 31.2 Å². The summed E-state index contributed by atoms with van der Waals surface area (Å²) in [4.78, 5) is 38.2. The zero-order valence-electron chi connectivity index (χ0n) is 16.6. The van der Waals surface area contributed by atoms with Gasteiger partial charge >= 0.3 is 5.69 Å². The molecule has 0 bridgehead atoms. The lowest BCUT2D eigenvalue weighted by Gasteiger charge is -2.12. The van der Waals surface area contributed by atoms with Crippen molar-refractivity contribution in [1.29, 1.82) is 0 Å². The van der Waals surface area contributed by atoms with Gasteiger partial charge in [0, 0.05) is 30.2 Å². The van der Waals surface area contributed by atoms with Gasteiger partial charge in [-0.1, -0.05) is 41.4 Å². The largest absolute Gasteiger partial charge is 0.330 e. The summed E-state index contributed by atoms with van der Waals surface area (Å²) in [6.45, 7) is 1.96. The topological polar surface area (TPSA) is 78.0 Å². The van der Waals surface area contributed by atoms with Gasteiger partial charge in [0.05, 0.1) is 22.8 Å². The van der Waals surface area contributed by atoms with E-state index in [4.69, 9.17) is 11.6 Å². The van der Waals surface area contributed by atoms with E-state index in [-0.39, 0.29) is 5.91 Å². The number of halogens is 1. The van der Waals surface area contributed by atoms with Crippen molar-refractivity contribution in [1.82, 2.24) is 13.8 Å². The summed E-state index contributed by atoms with van der Waals surface area (Å²) in [5.74, 6) is -0.373. The van der Waals surface area contributed by atoms with Gasteiger partial charge in [0.25, 0.3) is 11.5 Å². The highest BCUT2D eigenvalue weighted by molar-refractivity contribution is 6.30. The molecule has 1 amide bonds. The van der Waals surface area contributed by atoms with Crippen molar-refractivity contribution >= 4 is 28.4 Å². The number of benzene rings is 2. The first kappa shape index (κ1) is 19.7. The summed E-state index contributed by atoms with van der Waals surface area (Å²) in [5.41, 5.74) is 5.09. The van der Waals surface area contributed by atoms with E-state index in [0.717, 1.165) is 15.7 Å². The molecule has 0 saturated carbocycles. The number of amides is 1. The second-order valence-corrected chi connectivity index (χ2v) is 7.56. The van der Waals surface area contributed by atoms with Crippen LogP contribution >= 0.6 is 11.6 Å². The molecule has 30 heavy (non-hydrogen) atoms. The highest BCUT2D eigenvalue weighted by atomic mass is 35.5. The number of fused-ring (bicyclic) bond motifs is 1. The van der Waals surface area contributed by atoms with Gasteiger partial charge in [-0.3, -0.25) is 28.8 Å². The molecule has 0 aliphatic rings. The summed E-state index contributed by atoms with van der Waals surface area (Å²) in [5, 5.41) is 0.872. The molecule has 2 aromatic carbocycles. The van der Waals surface area contributed by atoms with Crippen LogP contribution in [-0.4, -0.2) is 19.7 Å². The van der Waals surface area contributed by atoms with Crippen LogP contribution in [0.4, 0.5) is 0 Å². The fraction of sp³-hybridized carbons (Fsp3) is 0.136. The van der Waals surface area contributed by atoms with Crippen LogP contribution < -0.4 is 16.7 Å². The molecule has 0 aliphatic carbocycles. The second-order valence-electron chi connectivity index (χ2n) is 7.13. The number of hydrogen-bond acceptors (Lipinski definition) is 3. The fourth-order valence-electron chi connectivity index (χ4n) is 3.40. The van der Waals surface area contributed by atoms with Crippen molar-refractivity contribution in [3.05, 3.63) is 91.7 Å². The monoisotopic (exact) mass is 422 g/mol. The molecule has 8 heteroatoms. The first-order valence-corrected chi connectivity index (χ1v) is 9.60. The minimum Gasteiger partial charge on any atom is -0.295 e. The summed E-state index contributed by atoms with van der Waals surface area (Å²) in [7, 11) is 3.03. The first-order chi connectivity index (χ1) is 14.3. The average Bonchev–Trinajstić information content (AvgIpc) is 3.11. The maximum Gasteiger partial charge on any atom is 0.330 e. The van der Waals surface area contributed by atoms with Crippen molar-refractivity contribution in [2.45, 2.75) is 6.92 Å². The molecule has 0 aliphatic heterocycles. The molecule has 4 aromatic rings. The van der Waals surface area contributed by atoms with Crippen LogP contribution in [0, 0.1) is 6.92 Å². The van der Waals surface area contributed by atoms with E-state index < -0.39 is 11.2 Å². The zero-order chi connectivity index (χ0) is 21.6. The summed E-state index contributed by atoms with van der Waals surface area (Å²) < 4.78 is 3.94. The van der Waals surface area contributed by atoms with Gasteiger partial charge in [0.15, 0.2) is 0 Å². The Hall–Kier alpha value is -3.58. The predicted molar refractivity (Wildman–Crippen MR) is 118 cm³/mol. The van der Waals surface area contributed by atoms with E-state index in [9.17, 15) is 14.4 Å². The molecule has 0 fully saturated rings. The Morgan fingerprint density at radius 3 is 2.20 bits per heavy atom. The van der Waals surface area contributed by atoms with Crippen molar-refractivity contribution in [3.63, 3.8) is 0 Å². The van der Waals surface area contributed by atoms with Crippen molar-refractivity contribution in [3.8, 4) is 11.3 Å². The normalized spacial score (nSPS) is 11.1. The van der Waals surface area contributed by atoms with E-state index in [0.29, 0.717) is 27.2 Å². The Labute approximate surface area is 176 Å². The zero-order valence-corrected chi connectivity index (χ0v) is 17.4. The van der Waals surface area contributed by atoms with Gasteiger partial charge in [-0.25, -0.2) is 4.79 Å². The molecule has 1 N–H and O–H groups in total.